The van der Waals surface area contributed by atoms with E-state index in [-0.39, 0.29) is 6.04 Å². The number of hydrogen-bond donors (Lipinski definition) is 0. The number of aromatic nitrogens is 2. The first-order valence-electron chi connectivity index (χ1n) is 7.56. The zero-order valence-electron chi connectivity index (χ0n) is 13.0. The van der Waals surface area contributed by atoms with E-state index >= 15 is 0 Å². The maximum atomic E-state index is 6.02. The van der Waals surface area contributed by atoms with Crippen molar-refractivity contribution in [2.75, 3.05) is 0 Å². The smallest absolute Gasteiger partial charge is 0.159 e. The zero-order valence-corrected chi connectivity index (χ0v) is 14.5. The van der Waals surface area contributed by atoms with Gasteiger partial charge in [0.15, 0.2) is 5.82 Å². The molecule has 0 spiro atoms. The van der Waals surface area contributed by atoms with Crippen molar-refractivity contribution in [3.05, 3.63) is 57.4 Å². The molecule has 1 aromatic carbocycles. The number of halogens is 1. The third kappa shape index (κ3) is 2.52. The predicted octanol–water partition coefficient (Wildman–Crippen LogP) is 5.66. The molecule has 0 saturated carbocycles. The van der Waals surface area contributed by atoms with Crippen LogP contribution in [0.1, 0.15) is 30.0 Å². The molecule has 1 aliphatic rings. The Labute approximate surface area is 144 Å². The molecule has 1 unspecified atom stereocenters. The van der Waals surface area contributed by atoms with Crippen molar-refractivity contribution in [3.8, 4) is 11.1 Å². The summed E-state index contributed by atoms with van der Waals surface area (Å²) < 4.78 is 2.08. The van der Waals surface area contributed by atoms with Crippen LogP contribution >= 0.6 is 22.9 Å². The van der Waals surface area contributed by atoms with Gasteiger partial charge in [-0.05, 0) is 43.0 Å². The molecule has 0 radical (unpaired) electrons. The number of thiophene rings is 1. The summed E-state index contributed by atoms with van der Waals surface area (Å²) in [6, 6.07) is 12.4. The second-order valence-corrected chi connectivity index (χ2v) is 7.23. The Balaban J connectivity index is 1.90. The zero-order chi connectivity index (χ0) is 16.0. The molecule has 116 valence electrons. The molecule has 0 amide bonds. The highest BCUT2D eigenvalue weighted by Gasteiger charge is 2.28. The molecule has 4 rings (SSSR count). The molecular weight excluding hydrogens is 326 g/mol. The molecule has 0 aliphatic carbocycles. The van der Waals surface area contributed by atoms with Crippen LogP contribution in [0.15, 0.2) is 46.8 Å². The average Bonchev–Trinajstić information content (AvgIpc) is 3.15. The fraction of sp³-hybridized carbons (Fsp3) is 0.222. The summed E-state index contributed by atoms with van der Waals surface area (Å²) in [5, 5.41) is 7.66. The summed E-state index contributed by atoms with van der Waals surface area (Å²) in [6.45, 7) is 4.14. The van der Waals surface area contributed by atoms with Gasteiger partial charge in [-0.15, -0.1) is 11.3 Å². The van der Waals surface area contributed by atoms with Gasteiger partial charge < -0.3 is 0 Å². The Hall–Kier alpha value is -1.91. The van der Waals surface area contributed by atoms with E-state index in [0.29, 0.717) is 0 Å². The number of nitrogens with zero attached hydrogens (tertiary/aromatic N) is 3. The van der Waals surface area contributed by atoms with Crippen molar-refractivity contribution >= 4 is 34.5 Å². The number of hydrogen-bond acceptors (Lipinski definition) is 3. The first kappa shape index (κ1) is 14.7. The molecule has 2 aromatic heterocycles. The van der Waals surface area contributed by atoms with Gasteiger partial charge in [0.2, 0.25) is 0 Å². The molecule has 0 N–H and O–H groups in total. The van der Waals surface area contributed by atoms with Crippen LogP contribution in [0.25, 0.3) is 11.1 Å². The molecule has 5 heteroatoms. The second-order valence-electron chi connectivity index (χ2n) is 5.82. The second kappa shape index (κ2) is 5.62. The Morgan fingerprint density at radius 2 is 1.96 bits per heavy atom. The van der Waals surface area contributed by atoms with Gasteiger partial charge in [0.05, 0.1) is 11.7 Å². The highest BCUT2D eigenvalue weighted by Crippen LogP contribution is 2.41. The molecule has 3 aromatic rings. The number of rotatable bonds is 2. The van der Waals surface area contributed by atoms with E-state index in [0.717, 1.165) is 39.8 Å². The van der Waals surface area contributed by atoms with Crippen molar-refractivity contribution in [1.82, 2.24) is 9.78 Å². The van der Waals surface area contributed by atoms with Crippen molar-refractivity contribution in [2.24, 2.45) is 4.99 Å². The summed E-state index contributed by atoms with van der Waals surface area (Å²) in [5.41, 5.74) is 4.35. The largest absolute Gasteiger partial charge is 0.238 e. The fourth-order valence-corrected chi connectivity index (χ4v) is 4.05. The van der Waals surface area contributed by atoms with Gasteiger partial charge in [-0.1, -0.05) is 29.8 Å². The minimum Gasteiger partial charge on any atom is -0.238 e. The van der Waals surface area contributed by atoms with E-state index in [1.54, 1.807) is 11.3 Å². The van der Waals surface area contributed by atoms with Gasteiger partial charge in [-0.3, -0.25) is 0 Å². The van der Waals surface area contributed by atoms with Gasteiger partial charge in [-0.2, -0.15) is 5.10 Å². The lowest BCUT2D eigenvalue weighted by Crippen LogP contribution is -2.18. The molecule has 0 bridgehead atoms. The van der Waals surface area contributed by atoms with Gasteiger partial charge in [0, 0.05) is 27.6 Å². The molecule has 0 saturated heterocycles. The van der Waals surface area contributed by atoms with Gasteiger partial charge in [0.25, 0.3) is 0 Å². The highest BCUT2D eigenvalue weighted by molar-refractivity contribution is 7.10. The van der Waals surface area contributed by atoms with E-state index in [1.807, 2.05) is 31.2 Å². The lowest BCUT2D eigenvalue weighted by molar-refractivity contribution is 0.536. The monoisotopic (exact) mass is 341 g/mol. The van der Waals surface area contributed by atoms with Crippen LogP contribution in [-0.2, 0) is 0 Å². The van der Waals surface area contributed by atoms with Gasteiger partial charge in [0.1, 0.15) is 0 Å². The Morgan fingerprint density at radius 3 is 2.65 bits per heavy atom. The molecule has 3 nitrogen and oxygen atoms in total. The number of aliphatic imine (C=N–C) groups is 1. The van der Waals surface area contributed by atoms with Crippen LogP contribution in [0.4, 0.5) is 5.82 Å². The SMILES string of the molecule is CC1=Nc2c(-c3ccc(Cl)cc3)c(C)nn2C(c2cccs2)C1. The van der Waals surface area contributed by atoms with Crippen LogP contribution in [0.3, 0.4) is 0 Å². The minimum absolute atomic E-state index is 0.238. The number of fused-ring (bicyclic) bond motifs is 1. The molecular formula is C18H16ClN3S. The number of benzene rings is 1. The molecule has 23 heavy (non-hydrogen) atoms. The molecule has 1 atom stereocenters. The lowest BCUT2D eigenvalue weighted by Gasteiger charge is -2.22. The molecule has 3 heterocycles. The fourth-order valence-electron chi connectivity index (χ4n) is 3.11. The van der Waals surface area contributed by atoms with E-state index < -0.39 is 0 Å². The van der Waals surface area contributed by atoms with Crippen molar-refractivity contribution in [3.63, 3.8) is 0 Å². The highest BCUT2D eigenvalue weighted by atomic mass is 35.5. The Bertz CT molecular complexity index is 876. The first-order valence-corrected chi connectivity index (χ1v) is 8.82. The summed E-state index contributed by atoms with van der Waals surface area (Å²) in [7, 11) is 0. The van der Waals surface area contributed by atoms with Crippen LogP contribution in [0, 0.1) is 6.92 Å². The normalized spacial score (nSPS) is 17.0. The van der Waals surface area contributed by atoms with Crippen LogP contribution in [0.5, 0.6) is 0 Å². The van der Waals surface area contributed by atoms with Gasteiger partial charge >= 0.3 is 0 Å². The summed E-state index contributed by atoms with van der Waals surface area (Å²) >= 11 is 7.80. The maximum absolute atomic E-state index is 6.02. The molecule has 1 aliphatic heterocycles. The topological polar surface area (TPSA) is 30.2 Å². The third-order valence-corrected chi connectivity index (χ3v) is 5.37. The summed E-state index contributed by atoms with van der Waals surface area (Å²) in [6.07, 6.45) is 0.911. The predicted molar refractivity (Wildman–Crippen MR) is 97.3 cm³/mol. The summed E-state index contributed by atoms with van der Waals surface area (Å²) in [5.74, 6) is 0.951. The average molecular weight is 342 g/mol. The van der Waals surface area contributed by atoms with E-state index in [4.69, 9.17) is 21.7 Å². The third-order valence-electron chi connectivity index (χ3n) is 4.15. The standard InChI is InChI=1S/C18H16ClN3S/c1-11-10-15(16-4-3-9-23-16)22-18(20-11)17(12(2)21-22)13-5-7-14(19)8-6-13/h3-9,15H,10H2,1-2H3. The molecule has 0 fully saturated rings. The van der Waals surface area contributed by atoms with Crippen LogP contribution < -0.4 is 0 Å². The van der Waals surface area contributed by atoms with Crippen molar-refractivity contribution in [2.45, 2.75) is 26.3 Å². The lowest BCUT2D eigenvalue weighted by atomic mass is 10.0. The maximum Gasteiger partial charge on any atom is 0.159 e. The van der Waals surface area contributed by atoms with E-state index in [2.05, 4.69) is 29.1 Å². The Morgan fingerprint density at radius 1 is 1.17 bits per heavy atom. The first-order chi connectivity index (χ1) is 11.1. The van der Waals surface area contributed by atoms with Crippen LogP contribution in [-0.4, -0.2) is 15.5 Å². The van der Waals surface area contributed by atoms with Crippen molar-refractivity contribution < 1.29 is 0 Å². The van der Waals surface area contributed by atoms with E-state index in [1.165, 1.54) is 4.88 Å². The quantitative estimate of drug-likeness (QED) is 0.591. The summed E-state index contributed by atoms with van der Waals surface area (Å²) in [4.78, 5) is 6.14. The Kier molecular flexibility index (Phi) is 3.58. The van der Waals surface area contributed by atoms with Crippen LogP contribution in [0.2, 0.25) is 5.02 Å². The number of aryl methyl sites for hydroxylation is 1. The van der Waals surface area contributed by atoms with E-state index in [9.17, 15) is 0 Å². The van der Waals surface area contributed by atoms with Crippen molar-refractivity contribution in [1.29, 1.82) is 0 Å². The minimum atomic E-state index is 0.238. The van der Waals surface area contributed by atoms with Gasteiger partial charge in [-0.25, -0.2) is 9.67 Å².